The minimum Gasteiger partial charge on any atom is -0.377 e. The average molecular weight is 356 g/mol. The van der Waals surface area contributed by atoms with Gasteiger partial charge in [-0.2, -0.15) is 0 Å². The SMILES string of the molecule is CC(C)OCCN1C(=O)C(Nc2ccccc2)=C(c2cccs2)C1=O. The van der Waals surface area contributed by atoms with Gasteiger partial charge in [-0.15, -0.1) is 11.3 Å². The first kappa shape index (κ1) is 17.4. The Hall–Kier alpha value is -2.44. The highest BCUT2D eigenvalue weighted by atomic mass is 32.1. The Balaban J connectivity index is 1.89. The first-order valence-electron chi connectivity index (χ1n) is 8.16. The smallest absolute Gasteiger partial charge is 0.278 e. The average Bonchev–Trinajstić information content (AvgIpc) is 3.18. The fourth-order valence-corrected chi connectivity index (χ4v) is 3.36. The molecule has 0 saturated carbocycles. The summed E-state index contributed by atoms with van der Waals surface area (Å²) in [4.78, 5) is 27.7. The number of hydrogen-bond acceptors (Lipinski definition) is 5. The quantitative estimate of drug-likeness (QED) is 0.773. The second kappa shape index (κ2) is 7.63. The van der Waals surface area contributed by atoms with Crippen LogP contribution in [0.1, 0.15) is 18.7 Å². The van der Waals surface area contributed by atoms with Gasteiger partial charge in [-0.3, -0.25) is 14.5 Å². The van der Waals surface area contributed by atoms with E-state index >= 15 is 0 Å². The standard InChI is InChI=1S/C19H20N2O3S/c1-13(2)24-11-10-21-18(22)16(15-9-6-12-25-15)17(19(21)23)20-14-7-4-3-5-8-14/h3-9,12-13,20H,10-11H2,1-2H3. The molecule has 130 valence electrons. The van der Waals surface area contributed by atoms with Gasteiger partial charge in [0.25, 0.3) is 11.8 Å². The number of nitrogens with one attached hydrogen (secondary N) is 1. The number of carbonyl (C=O) groups excluding carboxylic acids is 2. The van der Waals surface area contributed by atoms with Crippen LogP contribution >= 0.6 is 11.3 Å². The molecule has 0 unspecified atom stereocenters. The molecule has 6 heteroatoms. The number of ether oxygens (including phenoxy) is 1. The minimum absolute atomic E-state index is 0.0550. The predicted molar refractivity (Wildman–Crippen MR) is 99.1 cm³/mol. The Morgan fingerprint density at radius 3 is 2.48 bits per heavy atom. The van der Waals surface area contributed by atoms with E-state index in [1.807, 2.05) is 61.7 Å². The normalized spacial score (nSPS) is 14.8. The molecule has 2 aromatic rings. The van der Waals surface area contributed by atoms with E-state index in [1.54, 1.807) is 0 Å². The van der Waals surface area contributed by atoms with Crippen LogP contribution in [0.2, 0.25) is 0 Å². The monoisotopic (exact) mass is 356 g/mol. The topological polar surface area (TPSA) is 58.6 Å². The van der Waals surface area contributed by atoms with Gasteiger partial charge in [0.05, 0.1) is 24.8 Å². The molecular weight excluding hydrogens is 336 g/mol. The number of rotatable bonds is 7. The number of thiophene rings is 1. The van der Waals surface area contributed by atoms with Crippen molar-refractivity contribution in [1.29, 1.82) is 0 Å². The zero-order valence-corrected chi connectivity index (χ0v) is 15.0. The van der Waals surface area contributed by atoms with E-state index in [4.69, 9.17) is 4.74 Å². The van der Waals surface area contributed by atoms with E-state index in [0.717, 1.165) is 10.6 Å². The van der Waals surface area contributed by atoms with Gasteiger partial charge in [0.2, 0.25) is 0 Å². The number of hydrogen-bond donors (Lipinski definition) is 1. The van der Waals surface area contributed by atoms with Crippen LogP contribution in [0.5, 0.6) is 0 Å². The Kier molecular flexibility index (Phi) is 5.31. The largest absolute Gasteiger partial charge is 0.377 e. The molecule has 3 rings (SSSR count). The van der Waals surface area contributed by atoms with Crippen molar-refractivity contribution in [3.05, 3.63) is 58.4 Å². The van der Waals surface area contributed by atoms with Gasteiger partial charge < -0.3 is 10.1 Å². The van der Waals surface area contributed by atoms with Gasteiger partial charge in [-0.05, 0) is 37.4 Å². The van der Waals surface area contributed by atoms with Crippen LogP contribution in [0.25, 0.3) is 5.57 Å². The van der Waals surface area contributed by atoms with Crippen LogP contribution in [-0.2, 0) is 14.3 Å². The van der Waals surface area contributed by atoms with Gasteiger partial charge in [-0.1, -0.05) is 24.3 Å². The van der Waals surface area contributed by atoms with Crippen molar-refractivity contribution in [2.24, 2.45) is 0 Å². The lowest BCUT2D eigenvalue weighted by Gasteiger charge is -2.16. The molecule has 25 heavy (non-hydrogen) atoms. The van der Waals surface area contributed by atoms with Crippen molar-refractivity contribution in [2.45, 2.75) is 20.0 Å². The van der Waals surface area contributed by atoms with E-state index in [9.17, 15) is 9.59 Å². The van der Waals surface area contributed by atoms with E-state index in [0.29, 0.717) is 17.9 Å². The summed E-state index contributed by atoms with van der Waals surface area (Å²) in [5.41, 5.74) is 1.52. The van der Waals surface area contributed by atoms with Gasteiger partial charge in [-0.25, -0.2) is 0 Å². The summed E-state index contributed by atoms with van der Waals surface area (Å²) >= 11 is 1.44. The van der Waals surface area contributed by atoms with Crippen LogP contribution in [0.15, 0.2) is 53.5 Å². The van der Waals surface area contributed by atoms with Crippen molar-refractivity contribution in [3.8, 4) is 0 Å². The predicted octanol–water partition coefficient (Wildman–Crippen LogP) is 3.37. The number of amides is 2. The molecule has 1 N–H and O–H groups in total. The molecular formula is C19H20N2O3S. The van der Waals surface area contributed by atoms with Crippen molar-refractivity contribution < 1.29 is 14.3 Å². The van der Waals surface area contributed by atoms with Crippen LogP contribution in [-0.4, -0.2) is 36.0 Å². The summed E-state index contributed by atoms with van der Waals surface area (Å²) in [7, 11) is 0. The molecule has 2 heterocycles. The minimum atomic E-state index is -0.315. The Morgan fingerprint density at radius 1 is 1.08 bits per heavy atom. The summed E-state index contributed by atoms with van der Waals surface area (Å²) in [6.45, 7) is 4.41. The maximum Gasteiger partial charge on any atom is 0.278 e. The number of imide groups is 1. The molecule has 1 aliphatic heterocycles. The summed E-state index contributed by atoms with van der Waals surface area (Å²) in [6.07, 6.45) is 0.0550. The zero-order chi connectivity index (χ0) is 17.8. The molecule has 0 saturated heterocycles. The highest BCUT2D eigenvalue weighted by Crippen LogP contribution is 2.32. The van der Waals surface area contributed by atoms with E-state index in [2.05, 4.69) is 5.32 Å². The number of nitrogens with zero attached hydrogens (tertiary/aromatic N) is 1. The van der Waals surface area contributed by atoms with Gasteiger partial charge >= 0.3 is 0 Å². The molecule has 0 bridgehead atoms. The molecule has 1 aliphatic rings. The van der Waals surface area contributed by atoms with Gasteiger partial charge in [0, 0.05) is 10.6 Å². The molecule has 0 aliphatic carbocycles. The fraction of sp³-hybridized carbons (Fsp3) is 0.263. The third kappa shape index (κ3) is 3.81. The summed E-state index contributed by atoms with van der Waals surface area (Å²) in [5.74, 6) is -0.595. The van der Waals surface area contributed by atoms with Crippen molar-refractivity contribution in [2.75, 3.05) is 18.5 Å². The molecule has 0 fully saturated rings. The van der Waals surface area contributed by atoms with Crippen LogP contribution in [0.3, 0.4) is 0 Å². The summed E-state index contributed by atoms with van der Waals surface area (Å²) < 4.78 is 5.50. The van der Waals surface area contributed by atoms with E-state index in [-0.39, 0.29) is 24.5 Å². The van der Waals surface area contributed by atoms with Crippen LogP contribution in [0.4, 0.5) is 5.69 Å². The van der Waals surface area contributed by atoms with E-state index < -0.39 is 0 Å². The van der Waals surface area contributed by atoms with E-state index in [1.165, 1.54) is 16.2 Å². The summed E-state index contributed by atoms with van der Waals surface area (Å²) in [6, 6.07) is 13.1. The second-order valence-electron chi connectivity index (χ2n) is 5.90. The Morgan fingerprint density at radius 2 is 1.84 bits per heavy atom. The van der Waals surface area contributed by atoms with Gasteiger partial charge in [0.15, 0.2) is 0 Å². The van der Waals surface area contributed by atoms with Crippen molar-refractivity contribution in [3.63, 3.8) is 0 Å². The lowest BCUT2D eigenvalue weighted by atomic mass is 10.2. The van der Waals surface area contributed by atoms with Crippen LogP contribution < -0.4 is 5.32 Å². The zero-order valence-electron chi connectivity index (χ0n) is 14.2. The molecule has 5 nitrogen and oxygen atoms in total. The van der Waals surface area contributed by atoms with Crippen LogP contribution in [0, 0.1) is 0 Å². The third-order valence-corrected chi connectivity index (χ3v) is 4.63. The molecule has 0 spiro atoms. The lowest BCUT2D eigenvalue weighted by molar-refractivity contribution is -0.137. The second-order valence-corrected chi connectivity index (χ2v) is 6.85. The number of carbonyl (C=O) groups is 2. The molecule has 2 amide bonds. The third-order valence-electron chi connectivity index (χ3n) is 3.74. The van der Waals surface area contributed by atoms with Crippen molar-refractivity contribution >= 4 is 34.4 Å². The number of para-hydroxylation sites is 1. The van der Waals surface area contributed by atoms with Crippen molar-refractivity contribution in [1.82, 2.24) is 4.90 Å². The first-order valence-corrected chi connectivity index (χ1v) is 9.04. The highest BCUT2D eigenvalue weighted by Gasteiger charge is 2.39. The summed E-state index contributed by atoms with van der Waals surface area (Å²) in [5, 5.41) is 5.02. The molecule has 0 radical (unpaired) electrons. The fourth-order valence-electron chi connectivity index (χ4n) is 2.59. The lowest BCUT2D eigenvalue weighted by Crippen LogP contribution is -2.35. The Labute approximate surface area is 150 Å². The maximum atomic E-state index is 12.8. The number of anilines is 1. The molecule has 0 atom stereocenters. The van der Waals surface area contributed by atoms with Gasteiger partial charge in [0.1, 0.15) is 5.70 Å². The molecule has 1 aromatic carbocycles. The molecule has 1 aromatic heterocycles. The maximum absolute atomic E-state index is 12.8. The first-order chi connectivity index (χ1) is 12.1. The Bertz CT molecular complexity index is 782. The number of benzene rings is 1. The highest BCUT2D eigenvalue weighted by molar-refractivity contribution is 7.11.